The van der Waals surface area contributed by atoms with Crippen molar-refractivity contribution in [1.82, 2.24) is 24.6 Å². The highest BCUT2D eigenvalue weighted by atomic mass is 16.2. The van der Waals surface area contributed by atoms with Crippen LogP contribution in [0.15, 0.2) is 24.7 Å². The second-order valence-electron chi connectivity index (χ2n) is 7.70. The Labute approximate surface area is 149 Å². The maximum absolute atomic E-state index is 12.6. The largest absolute Gasteiger partial charge is 0.342 e. The number of rotatable bonds is 3. The lowest BCUT2D eigenvalue weighted by atomic mass is 9.90. The zero-order valence-electron chi connectivity index (χ0n) is 15.6. The monoisotopic (exact) mass is 341 g/mol. The minimum atomic E-state index is -0.337. The summed E-state index contributed by atoms with van der Waals surface area (Å²) in [5.41, 5.74) is 2.45. The molecule has 1 atom stereocenters. The minimum absolute atomic E-state index is 0.216. The molecule has 0 aromatic carbocycles. The first-order valence-electron chi connectivity index (χ1n) is 9.03. The lowest BCUT2D eigenvalue weighted by molar-refractivity contribution is -0.140. The molecule has 0 spiro atoms. The van der Waals surface area contributed by atoms with Crippen LogP contribution < -0.4 is 0 Å². The molecule has 2 aromatic heterocycles. The van der Waals surface area contributed by atoms with E-state index >= 15 is 0 Å². The smallest absolute Gasteiger partial charge is 0.227 e. The molecular weight excluding hydrogens is 314 g/mol. The van der Waals surface area contributed by atoms with Crippen molar-refractivity contribution in [3.05, 3.63) is 30.4 Å². The molecule has 134 valence electrons. The van der Waals surface area contributed by atoms with Crippen molar-refractivity contribution in [3.63, 3.8) is 0 Å². The Morgan fingerprint density at radius 3 is 2.72 bits per heavy atom. The van der Waals surface area contributed by atoms with Crippen molar-refractivity contribution in [2.75, 3.05) is 13.1 Å². The van der Waals surface area contributed by atoms with Crippen LogP contribution in [-0.2, 0) is 11.3 Å². The third kappa shape index (κ3) is 3.72. The number of aryl methyl sites for hydroxylation is 1. The van der Waals surface area contributed by atoms with Crippen LogP contribution in [0.25, 0.3) is 11.4 Å². The SMILES string of the molecule is CCn1nccc1-c1cnc([C@H]2CCCN(C(=O)C(C)(C)C)C2)cn1. The number of nitrogens with zero attached hydrogens (tertiary/aromatic N) is 5. The van der Waals surface area contributed by atoms with E-state index in [1.54, 1.807) is 6.20 Å². The molecule has 2 aromatic rings. The standard InChI is InChI=1S/C19H27N5O/c1-5-24-17(8-9-22-24)16-12-20-15(11-21-16)14-7-6-10-23(13-14)18(25)19(2,3)4/h8-9,11-12,14H,5-7,10,13H2,1-4H3/t14-/m0/s1. The number of carbonyl (C=O) groups excluding carboxylic acids is 1. The van der Waals surface area contributed by atoms with Gasteiger partial charge < -0.3 is 4.90 Å². The van der Waals surface area contributed by atoms with E-state index in [4.69, 9.17) is 0 Å². The molecule has 0 unspecified atom stereocenters. The maximum atomic E-state index is 12.6. The van der Waals surface area contributed by atoms with Gasteiger partial charge in [-0.15, -0.1) is 0 Å². The quantitative estimate of drug-likeness (QED) is 0.860. The van der Waals surface area contributed by atoms with Crippen molar-refractivity contribution in [2.45, 2.75) is 53.0 Å². The number of carbonyl (C=O) groups is 1. The fourth-order valence-corrected chi connectivity index (χ4v) is 3.36. The normalized spacial score (nSPS) is 18.4. The van der Waals surface area contributed by atoms with Crippen molar-refractivity contribution in [2.24, 2.45) is 5.41 Å². The van der Waals surface area contributed by atoms with Gasteiger partial charge in [-0.2, -0.15) is 5.10 Å². The van der Waals surface area contributed by atoms with Crippen LogP contribution in [0.1, 0.15) is 52.1 Å². The van der Waals surface area contributed by atoms with E-state index in [2.05, 4.69) is 22.0 Å². The third-order valence-electron chi connectivity index (χ3n) is 4.72. The molecule has 6 nitrogen and oxygen atoms in total. The summed E-state index contributed by atoms with van der Waals surface area (Å²) in [6.07, 6.45) is 7.53. The molecule has 1 aliphatic heterocycles. The predicted molar refractivity (Wildman–Crippen MR) is 96.9 cm³/mol. The van der Waals surface area contributed by atoms with Gasteiger partial charge in [-0.25, -0.2) is 0 Å². The number of hydrogen-bond acceptors (Lipinski definition) is 4. The number of aromatic nitrogens is 4. The van der Waals surface area contributed by atoms with Crippen LogP contribution in [0, 0.1) is 5.41 Å². The summed E-state index contributed by atoms with van der Waals surface area (Å²) in [6, 6.07) is 1.96. The lowest BCUT2D eigenvalue weighted by Crippen LogP contribution is -2.44. The molecule has 0 saturated carbocycles. The van der Waals surface area contributed by atoms with Gasteiger partial charge in [0.15, 0.2) is 0 Å². The predicted octanol–water partition coefficient (Wildman–Crippen LogP) is 3.11. The molecule has 1 amide bonds. The van der Waals surface area contributed by atoms with Gasteiger partial charge in [0.1, 0.15) is 5.69 Å². The van der Waals surface area contributed by atoms with Crippen LogP contribution in [0.5, 0.6) is 0 Å². The number of likely N-dealkylation sites (tertiary alicyclic amines) is 1. The zero-order chi connectivity index (χ0) is 18.0. The molecule has 1 aliphatic rings. The Morgan fingerprint density at radius 1 is 1.28 bits per heavy atom. The van der Waals surface area contributed by atoms with Crippen molar-refractivity contribution >= 4 is 5.91 Å². The van der Waals surface area contributed by atoms with Gasteiger partial charge in [-0.1, -0.05) is 20.8 Å². The van der Waals surface area contributed by atoms with E-state index in [0.29, 0.717) is 0 Å². The van der Waals surface area contributed by atoms with E-state index in [-0.39, 0.29) is 17.2 Å². The first kappa shape index (κ1) is 17.6. The van der Waals surface area contributed by atoms with Crippen molar-refractivity contribution < 1.29 is 4.79 Å². The Balaban J connectivity index is 1.75. The Morgan fingerprint density at radius 2 is 2.08 bits per heavy atom. The fourth-order valence-electron chi connectivity index (χ4n) is 3.36. The third-order valence-corrected chi connectivity index (χ3v) is 4.72. The molecule has 6 heteroatoms. The Hall–Kier alpha value is -2.24. The molecule has 0 bridgehead atoms. The van der Waals surface area contributed by atoms with Crippen molar-refractivity contribution in [1.29, 1.82) is 0 Å². The molecule has 0 N–H and O–H groups in total. The van der Waals surface area contributed by atoms with E-state index in [1.807, 2.05) is 48.8 Å². The summed E-state index contributed by atoms with van der Waals surface area (Å²) in [5.74, 6) is 0.478. The van der Waals surface area contributed by atoms with Crippen molar-refractivity contribution in [3.8, 4) is 11.4 Å². The summed E-state index contributed by atoms with van der Waals surface area (Å²) in [7, 11) is 0. The molecule has 25 heavy (non-hydrogen) atoms. The van der Waals surface area contributed by atoms with E-state index in [1.165, 1.54) is 0 Å². The highest BCUT2D eigenvalue weighted by Gasteiger charge is 2.32. The average molecular weight is 341 g/mol. The van der Waals surface area contributed by atoms with Gasteiger partial charge >= 0.3 is 0 Å². The second kappa shape index (κ2) is 6.94. The van der Waals surface area contributed by atoms with E-state index < -0.39 is 0 Å². The maximum Gasteiger partial charge on any atom is 0.227 e. The molecule has 0 radical (unpaired) electrons. The Bertz CT molecular complexity index is 729. The average Bonchev–Trinajstić information content (AvgIpc) is 3.09. The number of hydrogen-bond donors (Lipinski definition) is 0. The van der Waals surface area contributed by atoms with Crippen LogP contribution in [-0.4, -0.2) is 43.6 Å². The minimum Gasteiger partial charge on any atom is -0.342 e. The molecule has 1 saturated heterocycles. The van der Waals surface area contributed by atoms with Crippen LogP contribution in [0.2, 0.25) is 0 Å². The van der Waals surface area contributed by atoms with Gasteiger partial charge in [0.25, 0.3) is 0 Å². The molecule has 3 heterocycles. The highest BCUT2D eigenvalue weighted by Crippen LogP contribution is 2.29. The van der Waals surface area contributed by atoms with Gasteiger partial charge in [-0.05, 0) is 25.8 Å². The summed E-state index contributed by atoms with van der Waals surface area (Å²) in [5, 5.41) is 4.28. The van der Waals surface area contributed by atoms with Gasteiger partial charge in [0.2, 0.25) is 5.91 Å². The topological polar surface area (TPSA) is 63.9 Å². The number of amides is 1. The van der Waals surface area contributed by atoms with Crippen LogP contribution >= 0.6 is 0 Å². The lowest BCUT2D eigenvalue weighted by Gasteiger charge is -2.36. The second-order valence-corrected chi connectivity index (χ2v) is 7.70. The summed E-state index contributed by atoms with van der Waals surface area (Å²) in [4.78, 5) is 23.8. The summed E-state index contributed by atoms with van der Waals surface area (Å²) >= 11 is 0. The summed E-state index contributed by atoms with van der Waals surface area (Å²) < 4.78 is 1.91. The number of piperidine rings is 1. The fraction of sp³-hybridized carbons (Fsp3) is 0.579. The van der Waals surface area contributed by atoms with Crippen LogP contribution in [0.4, 0.5) is 0 Å². The van der Waals surface area contributed by atoms with E-state index in [0.717, 1.165) is 49.6 Å². The molecular formula is C19H27N5O. The zero-order valence-corrected chi connectivity index (χ0v) is 15.6. The molecule has 3 rings (SSSR count). The van der Waals surface area contributed by atoms with Gasteiger partial charge in [0, 0.05) is 43.4 Å². The molecule has 1 fully saturated rings. The van der Waals surface area contributed by atoms with E-state index in [9.17, 15) is 4.79 Å². The first-order valence-corrected chi connectivity index (χ1v) is 9.03. The van der Waals surface area contributed by atoms with Gasteiger partial charge in [-0.3, -0.25) is 19.4 Å². The highest BCUT2D eigenvalue weighted by molar-refractivity contribution is 5.81. The van der Waals surface area contributed by atoms with Gasteiger partial charge in [0.05, 0.1) is 17.6 Å². The first-order chi connectivity index (χ1) is 11.9. The Kier molecular flexibility index (Phi) is 4.88. The summed E-state index contributed by atoms with van der Waals surface area (Å²) in [6.45, 7) is 10.4. The molecule has 0 aliphatic carbocycles. The van der Waals surface area contributed by atoms with Crippen LogP contribution in [0.3, 0.4) is 0 Å².